The molecule has 24 heavy (non-hydrogen) atoms. The van der Waals surface area contributed by atoms with E-state index in [2.05, 4.69) is 65.3 Å². The fourth-order valence-corrected chi connectivity index (χ4v) is 4.27. The minimum atomic E-state index is 0.657. The van der Waals surface area contributed by atoms with Crippen LogP contribution in [0.5, 0.6) is 0 Å². The molecule has 2 heterocycles. The Balaban J connectivity index is 1.46. The lowest BCUT2D eigenvalue weighted by Crippen LogP contribution is -2.56. The van der Waals surface area contributed by atoms with Gasteiger partial charge in [-0.1, -0.05) is 41.6 Å². The van der Waals surface area contributed by atoms with Crippen molar-refractivity contribution < 1.29 is 4.74 Å². The summed E-state index contributed by atoms with van der Waals surface area (Å²) in [6.07, 6.45) is 0. The van der Waals surface area contributed by atoms with Gasteiger partial charge in [0.05, 0.1) is 24.9 Å². The summed E-state index contributed by atoms with van der Waals surface area (Å²) in [5.41, 5.74) is 2.68. The molecule has 2 aliphatic heterocycles. The highest BCUT2D eigenvalue weighted by Crippen LogP contribution is 2.36. The van der Waals surface area contributed by atoms with E-state index in [9.17, 15) is 0 Å². The second-order valence-electron chi connectivity index (χ2n) is 6.60. The standard InChI is InChI=1S/C20H24N2OS/c1-16-6-8-18(9-7-16)24-20-5-3-2-4-19(20)22-12-10-21(11-13-22)17-14-23-15-17/h2-9,17H,10-15H2,1H3. The number of benzene rings is 2. The van der Waals surface area contributed by atoms with Crippen LogP contribution in [0.3, 0.4) is 0 Å². The first-order valence-corrected chi connectivity index (χ1v) is 9.51. The third-order valence-electron chi connectivity index (χ3n) is 4.91. The highest BCUT2D eigenvalue weighted by molar-refractivity contribution is 7.99. The number of piperazine rings is 1. The summed E-state index contributed by atoms with van der Waals surface area (Å²) in [5, 5.41) is 0. The lowest BCUT2D eigenvalue weighted by molar-refractivity contribution is -0.0660. The number of nitrogens with zero attached hydrogens (tertiary/aromatic N) is 2. The molecule has 2 aromatic rings. The first-order chi connectivity index (χ1) is 11.8. The molecule has 3 nitrogen and oxygen atoms in total. The fraction of sp³-hybridized carbons (Fsp3) is 0.400. The summed E-state index contributed by atoms with van der Waals surface area (Å²) in [6.45, 7) is 8.44. The van der Waals surface area contributed by atoms with Gasteiger partial charge in [-0.2, -0.15) is 0 Å². The quantitative estimate of drug-likeness (QED) is 0.843. The lowest BCUT2D eigenvalue weighted by Gasteiger charge is -2.43. The van der Waals surface area contributed by atoms with E-state index in [0.717, 1.165) is 39.4 Å². The lowest BCUT2D eigenvalue weighted by atomic mass is 10.1. The van der Waals surface area contributed by atoms with Crippen molar-refractivity contribution in [3.63, 3.8) is 0 Å². The maximum atomic E-state index is 5.33. The third kappa shape index (κ3) is 3.46. The molecule has 0 aliphatic carbocycles. The van der Waals surface area contributed by atoms with E-state index in [1.165, 1.54) is 21.0 Å². The molecule has 0 atom stereocenters. The van der Waals surface area contributed by atoms with E-state index in [1.807, 2.05) is 11.8 Å². The molecule has 0 amide bonds. The number of anilines is 1. The summed E-state index contributed by atoms with van der Waals surface area (Å²) >= 11 is 1.86. The molecular formula is C20H24N2OS. The number of ether oxygens (including phenoxy) is 1. The van der Waals surface area contributed by atoms with Crippen molar-refractivity contribution in [3.05, 3.63) is 54.1 Å². The Morgan fingerprint density at radius 1 is 0.917 bits per heavy atom. The van der Waals surface area contributed by atoms with Crippen LogP contribution >= 0.6 is 11.8 Å². The Morgan fingerprint density at radius 3 is 2.29 bits per heavy atom. The van der Waals surface area contributed by atoms with Gasteiger partial charge in [0.1, 0.15) is 0 Å². The maximum Gasteiger partial charge on any atom is 0.0645 e. The van der Waals surface area contributed by atoms with Crippen molar-refractivity contribution in [2.24, 2.45) is 0 Å². The van der Waals surface area contributed by atoms with Crippen LogP contribution in [0.2, 0.25) is 0 Å². The molecule has 0 aromatic heterocycles. The van der Waals surface area contributed by atoms with Crippen LogP contribution < -0.4 is 4.90 Å². The average Bonchev–Trinajstić information content (AvgIpc) is 2.57. The van der Waals surface area contributed by atoms with Crippen LogP contribution in [0.1, 0.15) is 5.56 Å². The van der Waals surface area contributed by atoms with E-state index < -0.39 is 0 Å². The van der Waals surface area contributed by atoms with E-state index in [-0.39, 0.29) is 0 Å². The Labute approximate surface area is 148 Å². The van der Waals surface area contributed by atoms with Crippen molar-refractivity contribution in [2.75, 3.05) is 44.3 Å². The molecule has 4 rings (SSSR count). The summed E-state index contributed by atoms with van der Waals surface area (Å²) in [6, 6.07) is 18.3. The van der Waals surface area contributed by atoms with Crippen molar-refractivity contribution in [3.8, 4) is 0 Å². The topological polar surface area (TPSA) is 15.7 Å². The zero-order valence-corrected chi connectivity index (χ0v) is 15.0. The van der Waals surface area contributed by atoms with Gasteiger partial charge in [-0.15, -0.1) is 0 Å². The van der Waals surface area contributed by atoms with Gasteiger partial charge < -0.3 is 9.64 Å². The molecule has 0 unspecified atom stereocenters. The first kappa shape index (κ1) is 16.0. The maximum absolute atomic E-state index is 5.33. The van der Waals surface area contributed by atoms with Crippen LogP contribution in [-0.2, 0) is 4.74 Å². The normalized spacial score (nSPS) is 19.3. The van der Waals surface area contributed by atoms with Crippen molar-refractivity contribution >= 4 is 17.4 Å². The zero-order chi connectivity index (χ0) is 16.4. The molecule has 2 saturated heterocycles. The number of aryl methyl sites for hydroxylation is 1. The van der Waals surface area contributed by atoms with Gasteiger partial charge in [0.15, 0.2) is 0 Å². The molecule has 2 aliphatic rings. The Kier molecular flexibility index (Phi) is 4.79. The highest BCUT2D eigenvalue weighted by atomic mass is 32.2. The fourth-order valence-electron chi connectivity index (χ4n) is 3.30. The number of rotatable bonds is 4. The molecule has 0 radical (unpaired) electrons. The Bertz CT molecular complexity index is 676. The molecule has 126 valence electrons. The molecule has 4 heteroatoms. The van der Waals surface area contributed by atoms with Gasteiger partial charge in [0.25, 0.3) is 0 Å². The highest BCUT2D eigenvalue weighted by Gasteiger charge is 2.29. The second-order valence-corrected chi connectivity index (χ2v) is 7.71. The van der Waals surface area contributed by atoms with Crippen molar-refractivity contribution in [1.82, 2.24) is 4.90 Å². The predicted molar refractivity (Wildman–Crippen MR) is 100 cm³/mol. The summed E-state index contributed by atoms with van der Waals surface area (Å²) in [5.74, 6) is 0. The SMILES string of the molecule is Cc1ccc(Sc2ccccc2N2CCN(C3COC3)CC2)cc1. The first-order valence-electron chi connectivity index (χ1n) is 8.70. The van der Waals surface area contributed by atoms with Gasteiger partial charge in [-0.3, -0.25) is 4.90 Å². The molecule has 0 saturated carbocycles. The molecule has 2 aromatic carbocycles. The minimum Gasteiger partial charge on any atom is -0.378 e. The van der Waals surface area contributed by atoms with Gasteiger partial charge in [0.2, 0.25) is 0 Å². The van der Waals surface area contributed by atoms with Crippen LogP contribution in [0.15, 0.2) is 58.3 Å². The number of hydrogen-bond donors (Lipinski definition) is 0. The zero-order valence-electron chi connectivity index (χ0n) is 14.1. The van der Waals surface area contributed by atoms with Crippen molar-refractivity contribution in [2.45, 2.75) is 22.8 Å². The van der Waals surface area contributed by atoms with Gasteiger partial charge in [0, 0.05) is 36.0 Å². The average molecular weight is 340 g/mol. The van der Waals surface area contributed by atoms with Crippen molar-refractivity contribution in [1.29, 1.82) is 0 Å². The second kappa shape index (κ2) is 7.18. The Hall–Kier alpha value is -1.49. The molecular weight excluding hydrogens is 316 g/mol. The smallest absolute Gasteiger partial charge is 0.0645 e. The molecule has 0 bridgehead atoms. The largest absolute Gasteiger partial charge is 0.378 e. The molecule has 0 spiro atoms. The predicted octanol–water partition coefficient (Wildman–Crippen LogP) is 3.67. The Morgan fingerprint density at radius 2 is 1.62 bits per heavy atom. The number of para-hydroxylation sites is 1. The number of hydrogen-bond acceptors (Lipinski definition) is 4. The minimum absolute atomic E-state index is 0.657. The van der Waals surface area contributed by atoms with Gasteiger partial charge >= 0.3 is 0 Å². The van der Waals surface area contributed by atoms with E-state index in [0.29, 0.717) is 6.04 Å². The summed E-state index contributed by atoms with van der Waals surface area (Å²) < 4.78 is 5.33. The molecule has 2 fully saturated rings. The van der Waals surface area contributed by atoms with Crippen LogP contribution in [0.25, 0.3) is 0 Å². The van der Waals surface area contributed by atoms with Gasteiger partial charge in [-0.05, 0) is 31.2 Å². The molecule has 0 N–H and O–H groups in total. The van der Waals surface area contributed by atoms with Gasteiger partial charge in [-0.25, -0.2) is 0 Å². The monoisotopic (exact) mass is 340 g/mol. The summed E-state index contributed by atoms with van der Waals surface area (Å²) in [4.78, 5) is 7.77. The van der Waals surface area contributed by atoms with E-state index in [4.69, 9.17) is 4.74 Å². The summed E-state index contributed by atoms with van der Waals surface area (Å²) in [7, 11) is 0. The van der Waals surface area contributed by atoms with E-state index >= 15 is 0 Å². The third-order valence-corrected chi connectivity index (χ3v) is 5.98. The van der Waals surface area contributed by atoms with Crippen LogP contribution in [0, 0.1) is 6.92 Å². The van der Waals surface area contributed by atoms with Crippen LogP contribution in [-0.4, -0.2) is 50.3 Å². The van der Waals surface area contributed by atoms with Crippen LogP contribution in [0.4, 0.5) is 5.69 Å². The van der Waals surface area contributed by atoms with E-state index in [1.54, 1.807) is 0 Å².